The van der Waals surface area contributed by atoms with Gasteiger partial charge in [-0.2, -0.15) is 0 Å². The second kappa shape index (κ2) is 7.65. The molecule has 1 amide bonds. The van der Waals surface area contributed by atoms with Crippen molar-refractivity contribution < 1.29 is 6.22 Å². The molecule has 4 nitrogen and oxygen atoms in total. The third-order valence-electron chi connectivity index (χ3n) is 2.70. The molecule has 0 radical (unpaired) electrons. The van der Waals surface area contributed by atoms with Crippen molar-refractivity contribution in [3.8, 4) is 0 Å². The lowest BCUT2D eigenvalue weighted by molar-refractivity contribution is -0.132. The normalized spacial score (nSPS) is 17.3. The van der Waals surface area contributed by atoms with Crippen LogP contribution in [0.1, 0.15) is 28.1 Å². The molecular weight excluding hydrogens is 190 g/mol. The summed E-state index contributed by atoms with van der Waals surface area (Å²) in [4.78, 5) is 15.9. The van der Waals surface area contributed by atoms with Crippen molar-refractivity contribution in [2.24, 2.45) is 5.73 Å². The van der Waals surface area contributed by atoms with Gasteiger partial charge in [-0.15, -0.1) is 0 Å². The summed E-state index contributed by atoms with van der Waals surface area (Å²) in [7, 11) is 2.09. The first-order valence-electron chi connectivity index (χ1n) is 5.40. The largest absolute Gasteiger partial charge is 0.340 e. The van der Waals surface area contributed by atoms with E-state index in [1.165, 1.54) is 0 Å². The number of nitrogens with zero attached hydrogens (tertiary/aromatic N) is 2. The lowest BCUT2D eigenvalue weighted by atomic mass is 10.2. The number of hydrogen-bond donors (Lipinski definition) is 1. The number of nitrogens with two attached hydrogens (primary N) is 1. The predicted octanol–water partition coefficient (Wildman–Crippen LogP) is 0.772. The maximum atomic E-state index is 11.6. The van der Waals surface area contributed by atoms with Gasteiger partial charge in [-0.1, -0.05) is 7.43 Å². The Morgan fingerprint density at radius 1 is 1.27 bits per heavy atom. The molecule has 0 aromatic heterocycles. The van der Waals surface area contributed by atoms with Crippen LogP contribution in [0.25, 0.3) is 0 Å². The standard InChI is InChI=1S/C10H21N3O.CH4.H2/c1-12-6-8-13(9-7-12)10(14)4-2-3-5-11;;/h2-9,11H2,1H3;1H4;1H. The number of amides is 1. The number of piperazine rings is 1. The molecule has 15 heavy (non-hydrogen) atoms. The molecule has 0 aliphatic carbocycles. The van der Waals surface area contributed by atoms with E-state index < -0.39 is 0 Å². The van der Waals surface area contributed by atoms with Crippen molar-refractivity contribution >= 4 is 5.91 Å². The lowest BCUT2D eigenvalue weighted by Gasteiger charge is -2.32. The van der Waals surface area contributed by atoms with Gasteiger partial charge in [0.2, 0.25) is 5.91 Å². The smallest absolute Gasteiger partial charge is 0.222 e. The maximum Gasteiger partial charge on any atom is 0.222 e. The highest BCUT2D eigenvalue weighted by molar-refractivity contribution is 5.76. The molecular formula is C11H27N3O. The van der Waals surface area contributed by atoms with E-state index in [0.29, 0.717) is 18.9 Å². The average molecular weight is 217 g/mol. The average Bonchev–Trinajstić information content (AvgIpc) is 2.19. The zero-order chi connectivity index (χ0) is 10.4. The van der Waals surface area contributed by atoms with Gasteiger partial charge < -0.3 is 15.5 Å². The summed E-state index contributed by atoms with van der Waals surface area (Å²) < 4.78 is 0. The molecule has 0 unspecified atom stereocenters. The Labute approximate surface area is 94.9 Å². The summed E-state index contributed by atoms with van der Waals surface area (Å²) in [6, 6.07) is 0. The van der Waals surface area contributed by atoms with Crippen LogP contribution in [0.5, 0.6) is 0 Å². The first-order chi connectivity index (χ1) is 6.74. The minimum Gasteiger partial charge on any atom is -0.340 e. The molecule has 1 fully saturated rings. The summed E-state index contributed by atoms with van der Waals surface area (Å²) >= 11 is 0. The van der Waals surface area contributed by atoms with Crippen molar-refractivity contribution in [1.82, 2.24) is 9.80 Å². The van der Waals surface area contributed by atoms with E-state index in [4.69, 9.17) is 5.73 Å². The summed E-state index contributed by atoms with van der Waals surface area (Å²) in [5, 5.41) is 0. The number of likely N-dealkylation sites (N-methyl/N-ethyl adjacent to an activating group) is 1. The Kier molecular flexibility index (Phi) is 7.34. The molecule has 0 atom stereocenters. The Balaban J connectivity index is 0. The third-order valence-corrected chi connectivity index (χ3v) is 2.70. The van der Waals surface area contributed by atoms with E-state index >= 15 is 0 Å². The number of carbonyl (C=O) groups is 1. The molecule has 0 aromatic carbocycles. The van der Waals surface area contributed by atoms with Crippen molar-refractivity contribution in [2.45, 2.75) is 26.7 Å². The van der Waals surface area contributed by atoms with Gasteiger partial charge in [-0.05, 0) is 26.4 Å². The van der Waals surface area contributed by atoms with Crippen LogP contribution in [-0.2, 0) is 4.79 Å². The van der Waals surface area contributed by atoms with Crippen LogP contribution in [0.3, 0.4) is 0 Å². The minimum absolute atomic E-state index is 0. The molecule has 0 aromatic rings. The Bertz CT molecular complexity index is 182. The Morgan fingerprint density at radius 3 is 2.40 bits per heavy atom. The highest BCUT2D eigenvalue weighted by atomic mass is 16.2. The second-order valence-electron chi connectivity index (χ2n) is 3.93. The quantitative estimate of drug-likeness (QED) is 0.708. The molecule has 2 N–H and O–H groups in total. The molecule has 0 saturated carbocycles. The van der Waals surface area contributed by atoms with Crippen LogP contribution in [0.15, 0.2) is 0 Å². The van der Waals surface area contributed by atoms with Gasteiger partial charge >= 0.3 is 0 Å². The maximum absolute atomic E-state index is 11.6. The van der Waals surface area contributed by atoms with Gasteiger partial charge in [0.05, 0.1) is 0 Å². The van der Waals surface area contributed by atoms with E-state index in [0.717, 1.165) is 39.0 Å². The van der Waals surface area contributed by atoms with E-state index in [2.05, 4.69) is 11.9 Å². The van der Waals surface area contributed by atoms with Crippen molar-refractivity contribution in [3.05, 3.63) is 0 Å². The number of carbonyl (C=O) groups excluding carboxylic acids is 1. The minimum atomic E-state index is 0. The first kappa shape index (κ1) is 14.4. The zero-order valence-electron chi connectivity index (χ0n) is 9.04. The van der Waals surface area contributed by atoms with Crippen LogP contribution in [-0.4, -0.2) is 55.5 Å². The Morgan fingerprint density at radius 2 is 1.87 bits per heavy atom. The first-order valence-corrected chi connectivity index (χ1v) is 5.40. The monoisotopic (exact) mass is 217 g/mol. The molecule has 0 bridgehead atoms. The van der Waals surface area contributed by atoms with Crippen molar-refractivity contribution in [1.29, 1.82) is 0 Å². The van der Waals surface area contributed by atoms with E-state index in [1.807, 2.05) is 4.90 Å². The van der Waals surface area contributed by atoms with Crippen LogP contribution >= 0.6 is 0 Å². The van der Waals surface area contributed by atoms with E-state index in [-0.39, 0.29) is 8.85 Å². The molecule has 0 spiro atoms. The topological polar surface area (TPSA) is 49.6 Å². The SMILES string of the molecule is C.CN1CCN(C(=O)CCCCN)CC1.[HH]. The van der Waals surface area contributed by atoms with Crippen LogP contribution < -0.4 is 5.73 Å². The molecule has 1 aliphatic rings. The molecule has 1 heterocycles. The molecule has 1 aliphatic heterocycles. The highest BCUT2D eigenvalue weighted by Gasteiger charge is 2.17. The van der Waals surface area contributed by atoms with Gasteiger partial charge in [0.25, 0.3) is 0 Å². The van der Waals surface area contributed by atoms with Gasteiger partial charge in [0.15, 0.2) is 0 Å². The fourth-order valence-electron chi connectivity index (χ4n) is 1.63. The van der Waals surface area contributed by atoms with Crippen molar-refractivity contribution in [2.75, 3.05) is 39.8 Å². The summed E-state index contributed by atoms with van der Waals surface area (Å²) in [5.41, 5.74) is 5.38. The summed E-state index contributed by atoms with van der Waals surface area (Å²) in [6.07, 6.45) is 2.56. The molecule has 4 heteroatoms. The van der Waals surface area contributed by atoms with E-state index in [9.17, 15) is 4.79 Å². The van der Waals surface area contributed by atoms with Gasteiger partial charge in [0, 0.05) is 34.0 Å². The summed E-state index contributed by atoms with van der Waals surface area (Å²) in [6.45, 7) is 4.47. The number of unbranched alkanes of at least 4 members (excludes halogenated alkanes) is 1. The predicted molar refractivity (Wildman–Crippen MR) is 65.8 cm³/mol. The molecule has 1 saturated heterocycles. The Hall–Kier alpha value is -0.610. The number of hydrogen-bond acceptors (Lipinski definition) is 3. The van der Waals surface area contributed by atoms with Crippen LogP contribution in [0, 0.1) is 0 Å². The van der Waals surface area contributed by atoms with Crippen LogP contribution in [0.2, 0.25) is 0 Å². The summed E-state index contributed by atoms with van der Waals surface area (Å²) in [5.74, 6) is 0.298. The molecule has 1 rings (SSSR count). The fourth-order valence-corrected chi connectivity index (χ4v) is 1.63. The van der Waals surface area contributed by atoms with Crippen molar-refractivity contribution in [3.63, 3.8) is 0 Å². The molecule has 92 valence electrons. The van der Waals surface area contributed by atoms with Gasteiger partial charge in [-0.25, -0.2) is 0 Å². The second-order valence-corrected chi connectivity index (χ2v) is 3.93. The van der Waals surface area contributed by atoms with E-state index in [1.54, 1.807) is 0 Å². The zero-order valence-corrected chi connectivity index (χ0v) is 9.04. The lowest BCUT2D eigenvalue weighted by Crippen LogP contribution is -2.47. The highest BCUT2D eigenvalue weighted by Crippen LogP contribution is 2.04. The fraction of sp³-hybridized carbons (Fsp3) is 0.909. The van der Waals surface area contributed by atoms with Crippen LogP contribution in [0.4, 0.5) is 0 Å². The number of rotatable bonds is 4. The van der Waals surface area contributed by atoms with Gasteiger partial charge in [0.1, 0.15) is 0 Å². The third kappa shape index (κ3) is 5.14. The van der Waals surface area contributed by atoms with Gasteiger partial charge in [-0.3, -0.25) is 4.79 Å².